The molecule has 0 unspecified atom stereocenters. The van der Waals surface area contributed by atoms with E-state index in [1.54, 1.807) is 42.5 Å². The van der Waals surface area contributed by atoms with Gasteiger partial charge in [-0.25, -0.2) is 0 Å². The molecule has 3 rings (SSSR count). The maximum absolute atomic E-state index is 12.5. The summed E-state index contributed by atoms with van der Waals surface area (Å²) < 4.78 is 5.72. The zero-order valence-electron chi connectivity index (χ0n) is 11.0. The number of amides is 1. The zero-order chi connectivity index (χ0) is 15.0. The van der Waals surface area contributed by atoms with Crippen molar-refractivity contribution in [1.82, 2.24) is 0 Å². The van der Waals surface area contributed by atoms with Crippen molar-refractivity contribution in [2.75, 3.05) is 5.73 Å². The third-order valence-corrected chi connectivity index (χ3v) is 3.23. The van der Waals surface area contributed by atoms with Gasteiger partial charge in [-0.3, -0.25) is 9.59 Å². The number of nitrogens with two attached hydrogens (primary N) is 2. The van der Waals surface area contributed by atoms with Gasteiger partial charge < -0.3 is 15.9 Å². The van der Waals surface area contributed by atoms with Gasteiger partial charge in [-0.1, -0.05) is 36.4 Å². The van der Waals surface area contributed by atoms with Gasteiger partial charge in [0.2, 0.25) is 5.43 Å². The molecule has 2 aromatic carbocycles. The Morgan fingerprint density at radius 1 is 1.00 bits per heavy atom. The van der Waals surface area contributed by atoms with Crippen LogP contribution in [-0.4, -0.2) is 5.91 Å². The van der Waals surface area contributed by atoms with Crippen molar-refractivity contribution in [3.05, 3.63) is 64.3 Å². The lowest BCUT2D eigenvalue weighted by atomic mass is 10.0. The molecule has 1 aromatic heterocycles. The lowest BCUT2D eigenvalue weighted by Crippen LogP contribution is -2.23. The normalized spacial score (nSPS) is 10.7. The molecular weight excluding hydrogens is 268 g/mol. The first-order valence-corrected chi connectivity index (χ1v) is 6.30. The molecule has 0 radical (unpaired) electrons. The topological polar surface area (TPSA) is 99.3 Å². The maximum Gasteiger partial charge on any atom is 0.256 e. The average molecular weight is 280 g/mol. The quantitative estimate of drug-likeness (QED) is 0.702. The van der Waals surface area contributed by atoms with E-state index in [2.05, 4.69) is 0 Å². The highest BCUT2D eigenvalue weighted by Gasteiger charge is 2.21. The average Bonchev–Trinajstić information content (AvgIpc) is 2.47. The van der Waals surface area contributed by atoms with Crippen molar-refractivity contribution in [1.29, 1.82) is 0 Å². The lowest BCUT2D eigenvalue weighted by molar-refractivity contribution is 0.0998. The van der Waals surface area contributed by atoms with E-state index in [4.69, 9.17) is 15.9 Å². The van der Waals surface area contributed by atoms with Crippen LogP contribution in [0.2, 0.25) is 0 Å². The number of anilines is 1. The van der Waals surface area contributed by atoms with Crippen LogP contribution in [0.15, 0.2) is 57.7 Å². The second-order valence-electron chi connectivity index (χ2n) is 4.59. The summed E-state index contributed by atoms with van der Waals surface area (Å²) in [6, 6.07) is 13.7. The third-order valence-electron chi connectivity index (χ3n) is 3.23. The second kappa shape index (κ2) is 4.79. The number of carbonyl (C=O) groups excluding carboxylic acids is 1. The molecule has 5 nitrogen and oxygen atoms in total. The van der Waals surface area contributed by atoms with Crippen molar-refractivity contribution in [3.8, 4) is 11.3 Å². The molecular formula is C16H12N2O3. The van der Waals surface area contributed by atoms with E-state index in [1.807, 2.05) is 6.07 Å². The van der Waals surface area contributed by atoms with Crippen LogP contribution in [0.5, 0.6) is 0 Å². The largest absolute Gasteiger partial charge is 0.455 e. The number of carbonyl (C=O) groups is 1. The maximum atomic E-state index is 12.5. The van der Waals surface area contributed by atoms with Crippen LogP contribution in [-0.2, 0) is 0 Å². The summed E-state index contributed by atoms with van der Waals surface area (Å²) in [7, 11) is 0. The van der Waals surface area contributed by atoms with E-state index >= 15 is 0 Å². The van der Waals surface area contributed by atoms with Crippen LogP contribution in [0.1, 0.15) is 10.4 Å². The first-order valence-electron chi connectivity index (χ1n) is 6.30. The second-order valence-corrected chi connectivity index (χ2v) is 4.59. The molecule has 4 N–H and O–H groups in total. The molecule has 0 aliphatic carbocycles. The van der Waals surface area contributed by atoms with Crippen LogP contribution >= 0.6 is 0 Å². The Balaban J connectivity index is 2.48. The summed E-state index contributed by atoms with van der Waals surface area (Å²) in [6.07, 6.45) is 0. The predicted octanol–water partition coefficient (Wildman–Crippen LogP) is 2.14. The van der Waals surface area contributed by atoms with Gasteiger partial charge in [0.05, 0.1) is 5.39 Å². The number of hydrogen-bond donors (Lipinski definition) is 2. The Bertz CT molecular complexity index is 899. The molecule has 1 amide bonds. The summed E-state index contributed by atoms with van der Waals surface area (Å²) in [5.74, 6) is -0.682. The van der Waals surface area contributed by atoms with E-state index in [9.17, 15) is 9.59 Å². The molecule has 0 aliphatic rings. The molecule has 0 saturated heterocycles. The number of rotatable bonds is 2. The molecule has 0 bridgehead atoms. The third kappa shape index (κ3) is 2.04. The van der Waals surface area contributed by atoms with E-state index in [-0.39, 0.29) is 22.4 Å². The van der Waals surface area contributed by atoms with Crippen LogP contribution in [0, 0.1) is 0 Å². The van der Waals surface area contributed by atoms with E-state index in [0.717, 1.165) is 0 Å². The predicted molar refractivity (Wildman–Crippen MR) is 80.9 cm³/mol. The number of benzene rings is 2. The molecule has 0 fully saturated rings. The van der Waals surface area contributed by atoms with Gasteiger partial charge >= 0.3 is 0 Å². The van der Waals surface area contributed by atoms with E-state index < -0.39 is 11.3 Å². The van der Waals surface area contributed by atoms with Gasteiger partial charge in [-0.2, -0.15) is 0 Å². The zero-order valence-corrected chi connectivity index (χ0v) is 11.0. The Labute approximate surface area is 119 Å². The van der Waals surface area contributed by atoms with Gasteiger partial charge in [0.25, 0.3) is 5.91 Å². The Morgan fingerprint density at radius 3 is 2.38 bits per heavy atom. The van der Waals surface area contributed by atoms with E-state index in [0.29, 0.717) is 11.1 Å². The SMILES string of the molecule is NC(=O)c1c(-c2ccccc2)oc2cccc(N)c2c1=O. The van der Waals surface area contributed by atoms with Crippen LogP contribution in [0.25, 0.3) is 22.3 Å². The van der Waals surface area contributed by atoms with Gasteiger partial charge in [0.1, 0.15) is 11.1 Å². The molecule has 3 aromatic rings. The van der Waals surface area contributed by atoms with E-state index in [1.165, 1.54) is 0 Å². The summed E-state index contributed by atoms with van der Waals surface area (Å²) in [4.78, 5) is 24.2. The number of fused-ring (bicyclic) bond motifs is 1. The fourth-order valence-corrected chi connectivity index (χ4v) is 2.28. The summed E-state index contributed by atoms with van der Waals surface area (Å²) in [5, 5.41) is 0.172. The standard InChI is InChI=1S/C16H12N2O3/c17-10-7-4-8-11-12(10)14(19)13(16(18)20)15(21-11)9-5-2-1-3-6-9/h1-8H,17H2,(H2,18,20). The van der Waals surface area contributed by atoms with Crippen molar-refractivity contribution in [3.63, 3.8) is 0 Å². The highest BCUT2D eigenvalue weighted by molar-refractivity contribution is 6.03. The van der Waals surface area contributed by atoms with Crippen molar-refractivity contribution in [2.24, 2.45) is 5.73 Å². The smallest absolute Gasteiger partial charge is 0.256 e. The molecule has 104 valence electrons. The first kappa shape index (κ1) is 12.9. The highest BCUT2D eigenvalue weighted by atomic mass is 16.3. The van der Waals surface area contributed by atoms with Gasteiger partial charge in [-0.05, 0) is 12.1 Å². The summed E-state index contributed by atoms with van der Waals surface area (Å²) >= 11 is 0. The van der Waals surface area contributed by atoms with Crippen molar-refractivity contribution in [2.45, 2.75) is 0 Å². The number of primary amides is 1. The minimum absolute atomic E-state index is 0.159. The fraction of sp³-hybridized carbons (Fsp3) is 0. The van der Waals surface area contributed by atoms with Crippen LogP contribution < -0.4 is 16.9 Å². The first-order chi connectivity index (χ1) is 10.1. The number of hydrogen-bond acceptors (Lipinski definition) is 4. The highest BCUT2D eigenvalue weighted by Crippen LogP contribution is 2.27. The molecule has 0 saturated carbocycles. The lowest BCUT2D eigenvalue weighted by Gasteiger charge is -2.08. The molecule has 1 heterocycles. The van der Waals surface area contributed by atoms with Crippen LogP contribution in [0.3, 0.4) is 0 Å². The fourth-order valence-electron chi connectivity index (χ4n) is 2.28. The molecule has 0 spiro atoms. The minimum Gasteiger partial charge on any atom is -0.455 e. The van der Waals surface area contributed by atoms with Gasteiger partial charge in [-0.15, -0.1) is 0 Å². The molecule has 21 heavy (non-hydrogen) atoms. The molecule has 0 atom stereocenters. The molecule has 5 heteroatoms. The summed E-state index contributed by atoms with van der Waals surface area (Å²) in [6.45, 7) is 0. The summed E-state index contributed by atoms with van der Waals surface area (Å²) in [5.41, 5.74) is 11.6. The van der Waals surface area contributed by atoms with Crippen molar-refractivity contribution < 1.29 is 9.21 Å². The molecule has 0 aliphatic heterocycles. The number of nitrogen functional groups attached to an aromatic ring is 1. The van der Waals surface area contributed by atoms with Crippen LogP contribution in [0.4, 0.5) is 5.69 Å². The Morgan fingerprint density at radius 2 is 1.71 bits per heavy atom. The van der Waals surface area contributed by atoms with Gasteiger partial charge in [0, 0.05) is 11.3 Å². The van der Waals surface area contributed by atoms with Gasteiger partial charge in [0.15, 0.2) is 5.76 Å². The van der Waals surface area contributed by atoms with Crippen molar-refractivity contribution >= 4 is 22.6 Å². The Kier molecular flexibility index (Phi) is 2.95. The minimum atomic E-state index is -0.840. The Hall–Kier alpha value is -3.08. The monoisotopic (exact) mass is 280 g/mol.